The molecule has 0 aliphatic rings. The Kier molecular flexibility index (Phi) is 5.36. The first-order chi connectivity index (χ1) is 12.2. The fraction of sp³-hybridized carbons (Fsp3) is 0.100. The number of esters is 1. The van der Waals surface area contributed by atoms with E-state index in [9.17, 15) is 9.59 Å². The van der Waals surface area contributed by atoms with Crippen LogP contribution in [0.3, 0.4) is 0 Å². The van der Waals surface area contributed by atoms with Crippen LogP contribution in [0.5, 0.6) is 0 Å². The number of ketones is 1. The van der Waals surface area contributed by atoms with Crippen molar-refractivity contribution in [1.29, 1.82) is 0 Å². The minimum atomic E-state index is -0.540. The Morgan fingerprint density at radius 2 is 1.88 bits per heavy atom. The zero-order chi connectivity index (χ0) is 17.6. The zero-order valence-corrected chi connectivity index (χ0v) is 14.5. The summed E-state index contributed by atoms with van der Waals surface area (Å²) in [7, 11) is 0. The van der Waals surface area contributed by atoms with Gasteiger partial charge in [-0.05, 0) is 36.1 Å². The van der Waals surface area contributed by atoms with E-state index in [0.717, 1.165) is 21.4 Å². The van der Waals surface area contributed by atoms with Gasteiger partial charge in [0.25, 0.3) is 0 Å². The van der Waals surface area contributed by atoms with Crippen LogP contribution in [0.2, 0.25) is 0 Å². The van der Waals surface area contributed by atoms with Crippen molar-refractivity contribution >= 4 is 40.5 Å². The van der Waals surface area contributed by atoms with Crippen LogP contribution in [0, 0.1) is 0 Å². The standard InChI is InChI=1S/C20H17NO3S/c1-25-15-9-6-14(7-10-15)8-11-20(23)24-13-19(22)17-12-21-18-5-3-2-4-16(17)18/h2-12,21H,13H2,1H3/b11-8+. The summed E-state index contributed by atoms with van der Waals surface area (Å²) in [6.45, 7) is -0.281. The zero-order valence-electron chi connectivity index (χ0n) is 13.7. The molecule has 0 atom stereocenters. The largest absolute Gasteiger partial charge is 0.454 e. The van der Waals surface area contributed by atoms with E-state index in [1.165, 1.54) is 6.08 Å². The molecule has 3 rings (SSSR count). The van der Waals surface area contributed by atoms with Crippen LogP contribution in [-0.4, -0.2) is 29.6 Å². The SMILES string of the molecule is CSc1ccc(/C=C/C(=O)OCC(=O)c2c[nH]c3ccccc23)cc1. The number of nitrogens with one attached hydrogen (secondary N) is 1. The van der Waals surface area contributed by atoms with E-state index >= 15 is 0 Å². The van der Waals surface area contributed by atoms with E-state index in [0.29, 0.717) is 5.56 Å². The second-order valence-electron chi connectivity index (χ2n) is 5.39. The van der Waals surface area contributed by atoms with E-state index in [1.807, 2.05) is 54.8 Å². The van der Waals surface area contributed by atoms with E-state index in [1.54, 1.807) is 24.0 Å². The van der Waals surface area contributed by atoms with Crippen molar-refractivity contribution in [2.75, 3.05) is 12.9 Å². The maximum absolute atomic E-state index is 12.2. The molecule has 0 unspecified atom stereocenters. The van der Waals surface area contributed by atoms with Crippen LogP contribution in [-0.2, 0) is 9.53 Å². The molecule has 0 amide bonds. The molecule has 25 heavy (non-hydrogen) atoms. The Morgan fingerprint density at radius 1 is 1.12 bits per heavy atom. The molecule has 0 radical (unpaired) electrons. The predicted octanol–water partition coefficient (Wildman–Crippen LogP) is 4.33. The number of benzene rings is 2. The van der Waals surface area contributed by atoms with Gasteiger partial charge in [0.15, 0.2) is 6.61 Å². The number of hydrogen-bond acceptors (Lipinski definition) is 4. The first-order valence-electron chi connectivity index (χ1n) is 7.75. The molecule has 0 saturated heterocycles. The lowest BCUT2D eigenvalue weighted by Gasteiger charge is -2.01. The van der Waals surface area contributed by atoms with Gasteiger partial charge in [0, 0.05) is 33.6 Å². The highest BCUT2D eigenvalue weighted by atomic mass is 32.2. The van der Waals surface area contributed by atoms with Gasteiger partial charge >= 0.3 is 5.97 Å². The Hall–Kier alpha value is -2.79. The van der Waals surface area contributed by atoms with Crippen molar-refractivity contribution in [3.8, 4) is 0 Å². The first-order valence-corrected chi connectivity index (χ1v) is 8.98. The van der Waals surface area contributed by atoms with Crippen LogP contribution < -0.4 is 0 Å². The van der Waals surface area contributed by atoms with E-state index in [-0.39, 0.29) is 12.4 Å². The molecule has 4 nitrogen and oxygen atoms in total. The van der Waals surface area contributed by atoms with Crippen LogP contribution >= 0.6 is 11.8 Å². The highest BCUT2D eigenvalue weighted by Crippen LogP contribution is 2.18. The summed E-state index contributed by atoms with van der Waals surface area (Å²) in [6, 6.07) is 15.3. The number of thioether (sulfide) groups is 1. The molecule has 1 N–H and O–H groups in total. The van der Waals surface area contributed by atoms with Gasteiger partial charge in [-0.2, -0.15) is 0 Å². The molecule has 1 aromatic heterocycles. The summed E-state index contributed by atoms with van der Waals surface area (Å²) in [5.41, 5.74) is 2.31. The first kappa shape index (κ1) is 17.0. The molecule has 0 bridgehead atoms. The Bertz CT molecular complexity index is 926. The topological polar surface area (TPSA) is 59.2 Å². The van der Waals surface area contributed by atoms with Gasteiger partial charge in [0.1, 0.15) is 0 Å². The summed E-state index contributed by atoms with van der Waals surface area (Å²) in [6.07, 6.45) is 6.65. The van der Waals surface area contributed by atoms with Gasteiger partial charge in [-0.3, -0.25) is 4.79 Å². The number of H-pyrrole nitrogens is 1. The van der Waals surface area contributed by atoms with Crippen molar-refractivity contribution in [1.82, 2.24) is 4.98 Å². The summed E-state index contributed by atoms with van der Waals surface area (Å²) in [4.78, 5) is 28.2. The van der Waals surface area contributed by atoms with Gasteiger partial charge in [-0.1, -0.05) is 30.3 Å². The molecular formula is C20H17NO3S. The number of carbonyl (C=O) groups excluding carboxylic acids is 2. The lowest BCUT2D eigenvalue weighted by atomic mass is 10.1. The summed E-state index contributed by atoms with van der Waals surface area (Å²) < 4.78 is 5.05. The number of aromatic amines is 1. The summed E-state index contributed by atoms with van der Waals surface area (Å²) in [5, 5.41) is 0.827. The number of para-hydroxylation sites is 1. The Morgan fingerprint density at radius 3 is 2.64 bits per heavy atom. The van der Waals surface area contributed by atoms with E-state index in [2.05, 4.69) is 4.98 Å². The maximum atomic E-state index is 12.2. The van der Waals surface area contributed by atoms with Gasteiger partial charge in [0.05, 0.1) is 0 Å². The monoisotopic (exact) mass is 351 g/mol. The van der Waals surface area contributed by atoms with Crippen molar-refractivity contribution in [3.05, 3.63) is 71.9 Å². The second kappa shape index (κ2) is 7.85. The van der Waals surface area contributed by atoms with Gasteiger partial charge in [-0.25, -0.2) is 4.79 Å². The van der Waals surface area contributed by atoms with Crippen LogP contribution in [0.4, 0.5) is 0 Å². The fourth-order valence-corrected chi connectivity index (χ4v) is 2.85. The average Bonchev–Trinajstić information content (AvgIpc) is 3.09. The van der Waals surface area contributed by atoms with Gasteiger partial charge in [-0.15, -0.1) is 11.8 Å². The molecule has 5 heteroatoms. The van der Waals surface area contributed by atoms with Crippen molar-refractivity contribution in [3.63, 3.8) is 0 Å². The number of aromatic nitrogens is 1. The quantitative estimate of drug-likeness (QED) is 0.311. The minimum absolute atomic E-state index is 0.233. The molecule has 126 valence electrons. The molecule has 0 fully saturated rings. The lowest BCUT2D eigenvalue weighted by molar-refractivity contribution is -0.136. The van der Waals surface area contributed by atoms with Gasteiger partial charge < -0.3 is 9.72 Å². The third kappa shape index (κ3) is 4.19. The average molecular weight is 351 g/mol. The van der Waals surface area contributed by atoms with Crippen LogP contribution in [0.15, 0.2) is 65.7 Å². The minimum Gasteiger partial charge on any atom is -0.454 e. The highest BCUT2D eigenvalue weighted by Gasteiger charge is 2.13. The van der Waals surface area contributed by atoms with Crippen LogP contribution in [0.25, 0.3) is 17.0 Å². The number of fused-ring (bicyclic) bond motifs is 1. The van der Waals surface area contributed by atoms with E-state index in [4.69, 9.17) is 4.74 Å². The molecule has 0 spiro atoms. The van der Waals surface area contributed by atoms with Crippen molar-refractivity contribution in [2.24, 2.45) is 0 Å². The predicted molar refractivity (Wildman–Crippen MR) is 101 cm³/mol. The van der Waals surface area contributed by atoms with E-state index < -0.39 is 5.97 Å². The summed E-state index contributed by atoms with van der Waals surface area (Å²) in [5.74, 6) is -0.773. The molecule has 0 aliphatic heterocycles. The number of hydrogen-bond donors (Lipinski definition) is 1. The third-order valence-electron chi connectivity index (χ3n) is 3.76. The van der Waals surface area contributed by atoms with Crippen LogP contribution in [0.1, 0.15) is 15.9 Å². The molecule has 3 aromatic rings. The Balaban J connectivity index is 1.58. The number of carbonyl (C=O) groups is 2. The molecule has 2 aromatic carbocycles. The number of rotatable bonds is 6. The molecule has 0 aliphatic carbocycles. The molecule has 1 heterocycles. The van der Waals surface area contributed by atoms with Crippen molar-refractivity contribution < 1.29 is 14.3 Å². The lowest BCUT2D eigenvalue weighted by Crippen LogP contribution is -2.12. The summed E-state index contributed by atoms with van der Waals surface area (Å²) >= 11 is 1.66. The smallest absolute Gasteiger partial charge is 0.331 e. The second-order valence-corrected chi connectivity index (χ2v) is 6.26. The number of Topliss-reactive ketones (excluding diaryl/α,β-unsaturated/α-hetero) is 1. The highest BCUT2D eigenvalue weighted by molar-refractivity contribution is 7.98. The van der Waals surface area contributed by atoms with Crippen molar-refractivity contribution in [2.45, 2.75) is 4.90 Å². The molecule has 0 saturated carbocycles. The maximum Gasteiger partial charge on any atom is 0.331 e. The van der Waals surface area contributed by atoms with Gasteiger partial charge in [0.2, 0.25) is 5.78 Å². The molecular weight excluding hydrogens is 334 g/mol. The normalized spacial score (nSPS) is 11.1. The Labute approximate surface area is 149 Å². The third-order valence-corrected chi connectivity index (χ3v) is 4.51. The fourth-order valence-electron chi connectivity index (χ4n) is 2.44. The number of ether oxygens (including phenoxy) is 1.